The fourth-order valence-corrected chi connectivity index (χ4v) is 3.30. The summed E-state index contributed by atoms with van der Waals surface area (Å²) in [5.41, 5.74) is 0.201. The second-order valence-electron chi connectivity index (χ2n) is 7.00. The van der Waals surface area contributed by atoms with Crippen LogP contribution in [0.4, 0.5) is 9.18 Å². The molecule has 1 N–H and O–H groups in total. The van der Waals surface area contributed by atoms with Gasteiger partial charge in [-0.3, -0.25) is 0 Å². The zero-order valence-corrected chi connectivity index (χ0v) is 16.5. The van der Waals surface area contributed by atoms with E-state index in [1.54, 1.807) is 11.0 Å². The Hall–Kier alpha value is -0.850. The van der Waals surface area contributed by atoms with Gasteiger partial charge in [0.25, 0.3) is 0 Å². The first-order chi connectivity index (χ1) is 11.2. The number of nitrogens with zero attached hydrogens (tertiary/aromatic N) is 1. The highest BCUT2D eigenvalue weighted by atomic mass is 79.9. The van der Waals surface area contributed by atoms with Crippen molar-refractivity contribution in [2.75, 3.05) is 13.1 Å². The van der Waals surface area contributed by atoms with Gasteiger partial charge in [-0.15, -0.1) is 0 Å². The van der Waals surface area contributed by atoms with Crippen LogP contribution in [0.25, 0.3) is 0 Å². The Labute approximate surface area is 155 Å². The molecule has 1 aromatic rings. The van der Waals surface area contributed by atoms with Gasteiger partial charge in [0.1, 0.15) is 11.4 Å². The fourth-order valence-electron chi connectivity index (χ4n) is 2.59. The molecular formula is C17H23BrClFN2O2. The van der Waals surface area contributed by atoms with Gasteiger partial charge in [0, 0.05) is 30.7 Å². The van der Waals surface area contributed by atoms with Crippen LogP contribution in [-0.2, 0) is 11.3 Å². The molecule has 1 atom stereocenters. The van der Waals surface area contributed by atoms with Crippen molar-refractivity contribution < 1.29 is 13.9 Å². The zero-order valence-electron chi connectivity index (χ0n) is 14.2. The summed E-state index contributed by atoms with van der Waals surface area (Å²) in [5, 5.41) is 3.87. The highest BCUT2D eigenvalue weighted by Gasteiger charge is 2.27. The van der Waals surface area contributed by atoms with Crippen molar-refractivity contribution >= 4 is 33.6 Å². The van der Waals surface area contributed by atoms with E-state index in [2.05, 4.69) is 21.2 Å². The summed E-state index contributed by atoms with van der Waals surface area (Å²) in [6.07, 6.45) is 1.57. The Morgan fingerprint density at radius 3 is 2.88 bits per heavy atom. The number of carbonyl (C=O) groups is 1. The van der Waals surface area contributed by atoms with Crippen LogP contribution in [0, 0.1) is 5.82 Å². The fraction of sp³-hybridized carbons (Fsp3) is 0.588. The van der Waals surface area contributed by atoms with Crippen LogP contribution in [0.1, 0.15) is 39.2 Å². The van der Waals surface area contributed by atoms with Crippen LogP contribution in [0.3, 0.4) is 0 Å². The lowest BCUT2D eigenvalue weighted by Gasteiger charge is -2.34. The average Bonchev–Trinajstić information content (AvgIpc) is 2.48. The van der Waals surface area contributed by atoms with Crippen molar-refractivity contribution in [3.8, 4) is 0 Å². The highest BCUT2D eigenvalue weighted by Crippen LogP contribution is 2.25. The number of rotatable bonds is 3. The Kier molecular flexibility index (Phi) is 6.51. The molecule has 4 nitrogen and oxygen atoms in total. The van der Waals surface area contributed by atoms with Crippen LogP contribution in [-0.4, -0.2) is 35.7 Å². The monoisotopic (exact) mass is 420 g/mol. The summed E-state index contributed by atoms with van der Waals surface area (Å²) in [5.74, 6) is -0.338. The molecule has 1 amide bonds. The van der Waals surface area contributed by atoms with Crippen molar-refractivity contribution in [1.29, 1.82) is 0 Å². The van der Waals surface area contributed by atoms with Gasteiger partial charge in [-0.25, -0.2) is 9.18 Å². The number of hydrogen-bond acceptors (Lipinski definition) is 3. The summed E-state index contributed by atoms with van der Waals surface area (Å²) in [6, 6.07) is 3.12. The minimum atomic E-state index is -0.500. The van der Waals surface area contributed by atoms with Gasteiger partial charge in [-0.05, 0) is 67.2 Å². The number of benzene rings is 1. The normalized spacial score (nSPS) is 18.6. The molecule has 1 aliphatic rings. The molecule has 0 radical (unpaired) electrons. The van der Waals surface area contributed by atoms with Crippen molar-refractivity contribution in [1.82, 2.24) is 10.2 Å². The molecule has 0 saturated carbocycles. The zero-order chi connectivity index (χ0) is 17.9. The molecular weight excluding hydrogens is 399 g/mol. The van der Waals surface area contributed by atoms with E-state index in [0.29, 0.717) is 34.7 Å². The summed E-state index contributed by atoms with van der Waals surface area (Å²) in [6.45, 7) is 7.29. The standard InChI is InChI=1S/C17H23BrClFN2O2/c1-17(2,3)24-16(23)22-6-4-5-12(10-22)21-9-11-7-15(20)13(18)8-14(11)19/h7-8,12,21H,4-6,9-10H2,1-3H3. The molecule has 0 bridgehead atoms. The van der Waals surface area contributed by atoms with Crippen molar-refractivity contribution in [3.63, 3.8) is 0 Å². The van der Waals surface area contributed by atoms with E-state index in [1.165, 1.54) is 6.07 Å². The lowest BCUT2D eigenvalue weighted by atomic mass is 10.1. The van der Waals surface area contributed by atoms with E-state index >= 15 is 0 Å². The first kappa shape index (κ1) is 19.5. The predicted octanol–water partition coefficient (Wildman–Crippen LogP) is 4.73. The van der Waals surface area contributed by atoms with E-state index < -0.39 is 5.60 Å². The Balaban J connectivity index is 1.92. The van der Waals surface area contributed by atoms with Crippen molar-refractivity contribution in [2.45, 2.75) is 51.8 Å². The first-order valence-corrected chi connectivity index (χ1v) is 9.17. The largest absolute Gasteiger partial charge is 0.444 e. The molecule has 0 aromatic heterocycles. The third-order valence-electron chi connectivity index (χ3n) is 3.74. The van der Waals surface area contributed by atoms with Gasteiger partial charge < -0.3 is 15.0 Å². The molecule has 0 spiro atoms. The lowest BCUT2D eigenvalue weighted by Crippen LogP contribution is -2.49. The summed E-state index contributed by atoms with van der Waals surface area (Å²) in [7, 11) is 0. The molecule has 1 saturated heterocycles. The number of carbonyl (C=O) groups excluding carboxylic acids is 1. The van der Waals surface area contributed by atoms with Gasteiger partial charge >= 0.3 is 6.09 Å². The summed E-state index contributed by atoms with van der Waals surface area (Å²) < 4.78 is 19.4. The smallest absolute Gasteiger partial charge is 0.410 e. The van der Waals surface area contributed by atoms with Gasteiger partial charge in [0.15, 0.2) is 0 Å². The van der Waals surface area contributed by atoms with Crippen LogP contribution in [0.5, 0.6) is 0 Å². The molecule has 2 rings (SSSR count). The van der Waals surface area contributed by atoms with E-state index in [-0.39, 0.29) is 18.0 Å². The minimum Gasteiger partial charge on any atom is -0.444 e. The minimum absolute atomic E-state index is 0.133. The maximum atomic E-state index is 13.6. The van der Waals surface area contributed by atoms with E-state index in [1.807, 2.05) is 20.8 Å². The van der Waals surface area contributed by atoms with E-state index in [0.717, 1.165) is 12.8 Å². The third kappa shape index (κ3) is 5.60. The molecule has 1 heterocycles. The molecule has 1 aromatic carbocycles. The van der Waals surface area contributed by atoms with Crippen LogP contribution < -0.4 is 5.32 Å². The van der Waals surface area contributed by atoms with Gasteiger partial charge in [-0.2, -0.15) is 0 Å². The van der Waals surface area contributed by atoms with E-state index in [4.69, 9.17) is 16.3 Å². The third-order valence-corrected chi connectivity index (χ3v) is 4.70. The van der Waals surface area contributed by atoms with Crippen LogP contribution in [0.15, 0.2) is 16.6 Å². The molecule has 1 aliphatic heterocycles. The lowest BCUT2D eigenvalue weighted by molar-refractivity contribution is 0.0187. The number of likely N-dealkylation sites (tertiary alicyclic amines) is 1. The Morgan fingerprint density at radius 1 is 1.50 bits per heavy atom. The first-order valence-electron chi connectivity index (χ1n) is 8.00. The van der Waals surface area contributed by atoms with Gasteiger partial charge in [0.2, 0.25) is 0 Å². The number of halogens is 3. The quantitative estimate of drug-likeness (QED) is 0.717. The van der Waals surface area contributed by atoms with Crippen molar-refractivity contribution in [3.05, 3.63) is 33.0 Å². The SMILES string of the molecule is CC(C)(C)OC(=O)N1CCCC(NCc2cc(F)c(Br)cc2Cl)C1. The van der Waals surface area contributed by atoms with Crippen LogP contribution >= 0.6 is 27.5 Å². The Bertz CT molecular complexity index is 607. The predicted molar refractivity (Wildman–Crippen MR) is 96.8 cm³/mol. The Morgan fingerprint density at radius 2 is 2.21 bits per heavy atom. The summed E-state index contributed by atoms with van der Waals surface area (Å²) in [4.78, 5) is 13.9. The molecule has 134 valence electrons. The maximum Gasteiger partial charge on any atom is 0.410 e. The number of hydrogen-bond donors (Lipinski definition) is 1. The second kappa shape index (κ2) is 8.02. The van der Waals surface area contributed by atoms with E-state index in [9.17, 15) is 9.18 Å². The molecule has 1 unspecified atom stereocenters. The number of piperidine rings is 1. The second-order valence-corrected chi connectivity index (χ2v) is 8.27. The molecule has 1 fully saturated rings. The van der Waals surface area contributed by atoms with Crippen LogP contribution in [0.2, 0.25) is 5.02 Å². The van der Waals surface area contributed by atoms with Gasteiger partial charge in [0.05, 0.1) is 4.47 Å². The molecule has 7 heteroatoms. The number of ether oxygens (including phenoxy) is 1. The number of amides is 1. The van der Waals surface area contributed by atoms with Crippen molar-refractivity contribution in [2.24, 2.45) is 0 Å². The number of nitrogens with one attached hydrogen (secondary N) is 1. The summed E-state index contributed by atoms with van der Waals surface area (Å²) >= 11 is 9.27. The maximum absolute atomic E-state index is 13.6. The highest BCUT2D eigenvalue weighted by molar-refractivity contribution is 9.10. The average molecular weight is 422 g/mol. The molecule has 0 aliphatic carbocycles. The topological polar surface area (TPSA) is 41.6 Å². The molecule has 24 heavy (non-hydrogen) atoms. The van der Waals surface area contributed by atoms with Gasteiger partial charge in [-0.1, -0.05) is 11.6 Å².